The number of methoxy groups -OCH3 is 1. The SMILES string of the molecule is CCCCCCCCCCOC(=O)C1(NC(=O)OCCOC)CCCC1. The molecule has 6 heteroatoms. The maximum atomic E-state index is 12.5. The number of hydrogen-bond acceptors (Lipinski definition) is 5. The zero-order chi connectivity index (χ0) is 19.1. The molecule has 1 fully saturated rings. The minimum Gasteiger partial charge on any atom is -0.464 e. The van der Waals surface area contributed by atoms with Crippen molar-refractivity contribution in [2.75, 3.05) is 26.9 Å². The first-order chi connectivity index (χ1) is 12.6. The molecule has 0 aliphatic heterocycles. The molecule has 1 amide bonds. The van der Waals surface area contributed by atoms with Crippen LogP contribution >= 0.6 is 0 Å². The van der Waals surface area contributed by atoms with Crippen LogP contribution in [0.2, 0.25) is 0 Å². The van der Waals surface area contributed by atoms with Crippen molar-refractivity contribution in [2.45, 2.75) is 89.5 Å². The summed E-state index contributed by atoms with van der Waals surface area (Å²) < 4.78 is 15.4. The van der Waals surface area contributed by atoms with E-state index in [1.54, 1.807) is 7.11 Å². The first-order valence-corrected chi connectivity index (χ1v) is 10.3. The number of hydrogen-bond donors (Lipinski definition) is 1. The van der Waals surface area contributed by atoms with Crippen molar-refractivity contribution < 1.29 is 23.8 Å². The molecule has 0 saturated heterocycles. The summed E-state index contributed by atoms with van der Waals surface area (Å²) in [6.45, 7) is 3.16. The number of rotatable bonds is 14. The van der Waals surface area contributed by atoms with Gasteiger partial charge in [-0.2, -0.15) is 0 Å². The largest absolute Gasteiger partial charge is 0.464 e. The van der Waals surface area contributed by atoms with Crippen LogP contribution in [-0.4, -0.2) is 44.5 Å². The third kappa shape index (κ3) is 8.88. The summed E-state index contributed by atoms with van der Waals surface area (Å²) in [5.41, 5.74) is -0.912. The average Bonchev–Trinajstić information content (AvgIpc) is 3.10. The van der Waals surface area contributed by atoms with E-state index in [1.165, 1.54) is 38.5 Å². The van der Waals surface area contributed by atoms with E-state index < -0.39 is 11.6 Å². The molecule has 1 N–H and O–H groups in total. The van der Waals surface area contributed by atoms with E-state index in [2.05, 4.69) is 12.2 Å². The molecule has 1 saturated carbocycles. The van der Waals surface area contributed by atoms with Crippen molar-refractivity contribution in [2.24, 2.45) is 0 Å². The first kappa shape index (κ1) is 22.7. The molecule has 152 valence electrons. The maximum absolute atomic E-state index is 12.5. The van der Waals surface area contributed by atoms with Crippen molar-refractivity contribution in [3.63, 3.8) is 0 Å². The van der Waals surface area contributed by atoms with Gasteiger partial charge in [0.05, 0.1) is 13.2 Å². The average molecular weight is 372 g/mol. The van der Waals surface area contributed by atoms with Crippen LogP contribution in [-0.2, 0) is 19.0 Å². The number of ether oxygens (including phenoxy) is 3. The van der Waals surface area contributed by atoms with Crippen molar-refractivity contribution in [3.05, 3.63) is 0 Å². The molecule has 6 nitrogen and oxygen atoms in total. The van der Waals surface area contributed by atoms with Crippen LogP contribution in [0.1, 0.15) is 84.0 Å². The molecule has 1 aliphatic rings. The molecule has 0 unspecified atom stereocenters. The van der Waals surface area contributed by atoms with E-state index in [9.17, 15) is 9.59 Å². The highest BCUT2D eigenvalue weighted by atomic mass is 16.6. The van der Waals surface area contributed by atoms with Gasteiger partial charge in [-0.05, 0) is 19.3 Å². The number of alkyl carbamates (subject to hydrolysis) is 1. The van der Waals surface area contributed by atoms with Gasteiger partial charge in [0, 0.05) is 7.11 Å². The van der Waals surface area contributed by atoms with Gasteiger partial charge < -0.3 is 19.5 Å². The monoisotopic (exact) mass is 371 g/mol. The predicted molar refractivity (Wildman–Crippen MR) is 101 cm³/mol. The smallest absolute Gasteiger partial charge is 0.408 e. The fraction of sp³-hybridized carbons (Fsp3) is 0.900. The molecular weight excluding hydrogens is 334 g/mol. The van der Waals surface area contributed by atoms with Gasteiger partial charge in [0.25, 0.3) is 0 Å². The number of carbonyl (C=O) groups is 2. The Kier molecular flexibility index (Phi) is 12.1. The van der Waals surface area contributed by atoms with E-state index in [0.717, 1.165) is 25.7 Å². The van der Waals surface area contributed by atoms with Crippen LogP contribution < -0.4 is 5.32 Å². The number of esters is 1. The first-order valence-electron chi connectivity index (χ1n) is 10.3. The summed E-state index contributed by atoms with van der Waals surface area (Å²) in [7, 11) is 1.54. The lowest BCUT2D eigenvalue weighted by atomic mass is 9.98. The molecule has 0 radical (unpaired) electrons. The van der Waals surface area contributed by atoms with E-state index in [0.29, 0.717) is 26.1 Å². The van der Waals surface area contributed by atoms with E-state index in [-0.39, 0.29) is 12.6 Å². The quantitative estimate of drug-likeness (QED) is 0.363. The summed E-state index contributed by atoms with van der Waals surface area (Å²) in [5, 5.41) is 2.74. The summed E-state index contributed by atoms with van der Waals surface area (Å²) in [6.07, 6.45) is 12.1. The lowest BCUT2D eigenvalue weighted by Gasteiger charge is -2.27. The maximum Gasteiger partial charge on any atom is 0.408 e. The normalized spacial score (nSPS) is 15.6. The number of amides is 1. The lowest BCUT2D eigenvalue weighted by molar-refractivity contribution is -0.151. The third-order valence-corrected chi connectivity index (χ3v) is 4.94. The number of nitrogens with one attached hydrogen (secondary N) is 1. The Morgan fingerprint density at radius 1 is 0.846 bits per heavy atom. The number of carbonyl (C=O) groups excluding carboxylic acids is 2. The second kappa shape index (κ2) is 13.8. The van der Waals surface area contributed by atoms with Crippen LogP contribution in [0.4, 0.5) is 4.79 Å². The van der Waals surface area contributed by atoms with Gasteiger partial charge in [0.1, 0.15) is 12.1 Å². The van der Waals surface area contributed by atoms with E-state index in [1.807, 2.05) is 0 Å². The highest BCUT2D eigenvalue weighted by molar-refractivity contribution is 5.86. The molecule has 0 aromatic rings. The van der Waals surface area contributed by atoms with E-state index in [4.69, 9.17) is 14.2 Å². The molecular formula is C20H37NO5. The third-order valence-electron chi connectivity index (χ3n) is 4.94. The zero-order valence-corrected chi connectivity index (χ0v) is 16.6. The lowest BCUT2D eigenvalue weighted by Crippen LogP contribution is -2.53. The van der Waals surface area contributed by atoms with Crippen molar-refractivity contribution in [3.8, 4) is 0 Å². The van der Waals surface area contributed by atoms with Gasteiger partial charge in [0.15, 0.2) is 0 Å². The van der Waals surface area contributed by atoms with E-state index >= 15 is 0 Å². The second-order valence-electron chi connectivity index (χ2n) is 7.15. The number of unbranched alkanes of at least 4 members (excludes halogenated alkanes) is 7. The standard InChI is InChI=1S/C20H37NO5/c1-3-4-5-6-7-8-9-12-15-25-18(22)20(13-10-11-14-20)21-19(23)26-17-16-24-2/h3-17H2,1-2H3,(H,21,23). The summed E-state index contributed by atoms with van der Waals surface area (Å²) in [6, 6.07) is 0. The van der Waals surface area contributed by atoms with Gasteiger partial charge >= 0.3 is 12.1 Å². The van der Waals surface area contributed by atoms with Gasteiger partial charge in [-0.15, -0.1) is 0 Å². The van der Waals surface area contributed by atoms with Crippen LogP contribution in [0.25, 0.3) is 0 Å². The molecule has 0 spiro atoms. The Balaban J connectivity index is 2.23. The van der Waals surface area contributed by atoms with Gasteiger partial charge in [0.2, 0.25) is 0 Å². The highest BCUT2D eigenvalue weighted by Gasteiger charge is 2.44. The zero-order valence-electron chi connectivity index (χ0n) is 16.6. The fourth-order valence-corrected chi connectivity index (χ4v) is 3.35. The molecule has 26 heavy (non-hydrogen) atoms. The second-order valence-corrected chi connectivity index (χ2v) is 7.15. The summed E-state index contributed by atoms with van der Waals surface area (Å²) in [5.74, 6) is -0.318. The summed E-state index contributed by atoms with van der Waals surface area (Å²) in [4.78, 5) is 24.4. The van der Waals surface area contributed by atoms with Crippen LogP contribution in [0.5, 0.6) is 0 Å². The Morgan fingerprint density at radius 3 is 2.08 bits per heavy atom. The Morgan fingerprint density at radius 2 is 1.46 bits per heavy atom. The topological polar surface area (TPSA) is 73.9 Å². The summed E-state index contributed by atoms with van der Waals surface area (Å²) >= 11 is 0. The molecule has 1 rings (SSSR count). The predicted octanol–water partition coefficient (Wildman–Crippen LogP) is 4.36. The minimum atomic E-state index is -0.912. The van der Waals surface area contributed by atoms with Crippen molar-refractivity contribution in [1.82, 2.24) is 5.32 Å². The Labute approximate surface area is 158 Å². The van der Waals surface area contributed by atoms with Crippen LogP contribution in [0.3, 0.4) is 0 Å². The van der Waals surface area contributed by atoms with Gasteiger partial charge in [-0.25, -0.2) is 9.59 Å². The van der Waals surface area contributed by atoms with Crippen molar-refractivity contribution in [1.29, 1.82) is 0 Å². The highest BCUT2D eigenvalue weighted by Crippen LogP contribution is 2.31. The van der Waals surface area contributed by atoms with Crippen LogP contribution in [0, 0.1) is 0 Å². The Bertz CT molecular complexity index is 394. The van der Waals surface area contributed by atoms with Crippen molar-refractivity contribution >= 4 is 12.1 Å². The minimum absolute atomic E-state index is 0.172. The molecule has 0 aromatic carbocycles. The van der Waals surface area contributed by atoms with Gasteiger partial charge in [-0.1, -0.05) is 64.7 Å². The van der Waals surface area contributed by atoms with Crippen LogP contribution in [0.15, 0.2) is 0 Å². The Hall–Kier alpha value is -1.30. The fourth-order valence-electron chi connectivity index (χ4n) is 3.35. The molecule has 0 heterocycles. The van der Waals surface area contributed by atoms with Gasteiger partial charge in [-0.3, -0.25) is 0 Å². The molecule has 0 aromatic heterocycles. The molecule has 0 bridgehead atoms. The molecule has 1 aliphatic carbocycles. The molecule has 0 atom stereocenters.